The van der Waals surface area contributed by atoms with Gasteiger partial charge < -0.3 is 19.1 Å². The molecule has 0 bridgehead atoms. The quantitative estimate of drug-likeness (QED) is 0.417. The number of amides is 1. The molecule has 0 unspecified atom stereocenters. The Morgan fingerprint density at radius 3 is 2.50 bits per heavy atom. The summed E-state index contributed by atoms with van der Waals surface area (Å²) in [6, 6.07) is 19.6. The Hall–Kier alpha value is -3.97. The average Bonchev–Trinajstić information content (AvgIpc) is 3.39. The number of aromatic nitrogens is 1. The van der Waals surface area contributed by atoms with E-state index in [0.717, 1.165) is 6.41 Å². The van der Waals surface area contributed by atoms with E-state index in [1.807, 2.05) is 30.3 Å². The van der Waals surface area contributed by atoms with Gasteiger partial charge in [0, 0.05) is 33.4 Å². The van der Waals surface area contributed by atoms with Crippen LogP contribution in [0.2, 0.25) is 5.02 Å². The van der Waals surface area contributed by atoms with Gasteiger partial charge in [-0.1, -0.05) is 29.8 Å². The molecule has 8 heteroatoms. The number of anilines is 2. The number of halogens is 1. The minimum absolute atomic E-state index is 0.114. The van der Waals surface area contributed by atoms with Gasteiger partial charge in [0.2, 0.25) is 13.2 Å². The highest BCUT2D eigenvalue weighted by Crippen LogP contribution is 2.38. The second kappa shape index (κ2) is 7.94. The van der Waals surface area contributed by atoms with E-state index >= 15 is 0 Å². The highest BCUT2D eigenvalue weighted by molar-refractivity contribution is 6.31. The molecule has 32 heavy (non-hydrogen) atoms. The van der Waals surface area contributed by atoms with Crippen LogP contribution in [0, 0.1) is 0 Å². The Balaban J connectivity index is 1.58. The molecule has 160 valence electrons. The Morgan fingerprint density at radius 1 is 1.03 bits per heavy atom. The van der Waals surface area contributed by atoms with E-state index in [0.29, 0.717) is 44.4 Å². The third kappa shape index (κ3) is 3.42. The predicted octanol–water partition coefficient (Wildman–Crippen LogP) is 5.06. The summed E-state index contributed by atoms with van der Waals surface area (Å²) in [5.74, 6) is 0.0773. The molecule has 0 saturated carbocycles. The SMILES string of the molecule is O=CN(c1ccccc1)c1ccc2c(c1)cc(C(=O)O)n2Cc1cc2c(cc1Cl)OCO2. The van der Waals surface area contributed by atoms with Crippen LogP contribution in [0.15, 0.2) is 66.7 Å². The van der Waals surface area contributed by atoms with Crippen molar-refractivity contribution in [1.82, 2.24) is 4.57 Å². The van der Waals surface area contributed by atoms with Crippen LogP contribution >= 0.6 is 11.6 Å². The number of benzene rings is 3. The first-order valence-corrected chi connectivity index (χ1v) is 10.2. The van der Waals surface area contributed by atoms with Crippen molar-refractivity contribution in [2.24, 2.45) is 0 Å². The van der Waals surface area contributed by atoms with Crippen molar-refractivity contribution >= 4 is 46.3 Å². The zero-order chi connectivity index (χ0) is 22.2. The van der Waals surface area contributed by atoms with Crippen LogP contribution in [0.3, 0.4) is 0 Å². The van der Waals surface area contributed by atoms with Gasteiger partial charge in [0.25, 0.3) is 0 Å². The second-order valence-electron chi connectivity index (χ2n) is 7.27. The number of carbonyl (C=O) groups excluding carboxylic acids is 1. The molecule has 0 fully saturated rings. The molecule has 4 aromatic rings. The van der Waals surface area contributed by atoms with E-state index in [4.69, 9.17) is 21.1 Å². The van der Waals surface area contributed by atoms with Crippen molar-refractivity contribution in [3.63, 3.8) is 0 Å². The number of nitrogens with zero attached hydrogens (tertiary/aromatic N) is 2. The minimum Gasteiger partial charge on any atom is -0.477 e. The summed E-state index contributed by atoms with van der Waals surface area (Å²) in [6.45, 7) is 0.357. The van der Waals surface area contributed by atoms with Crippen LogP contribution in [0.1, 0.15) is 16.1 Å². The zero-order valence-electron chi connectivity index (χ0n) is 16.7. The lowest BCUT2D eigenvalue weighted by Crippen LogP contribution is -2.13. The molecule has 1 aliphatic heterocycles. The largest absolute Gasteiger partial charge is 0.477 e. The fraction of sp³-hybridized carbons (Fsp3) is 0.0833. The third-order valence-electron chi connectivity index (χ3n) is 5.39. The van der Waals surface area contributed by atoms with Gasteiger partial charge >= 0.3 is 5.97 Å². The maximum Gasteiger partial charge on any atom is 0.352 e. The lowest BCUT2D eigenvalue weighted by molar-refractivity contribution is -0.106. The average molecular weight is 449 g/mol. The Morgan fingerprint density at radius 2 is 1.78 bits per heavy atom. The molecule has 1 N–H and O–H groups in total. The number of carboxylic acid groups (broad SMARTS) is 1. The van der Waals surface area contributed by atoms with E-state index in [1.54, 1.807) is 41.0 Å². The predicted molar refractivity (Wildman–Crippen MR) is 120 cm³/mol. The minimum atomic E-state index is -1.06. The van der Waals surface area contributed by atoms with E-state index in [9.17, 15) is 14.7 Å². The van der Waals surface area contributed by atoms with E-state index in [1.165, 1.54) is 4.90 Å². The van der Waals surface area contributed by atoms with Crippen molar-refractivity contribution in [1.29, 1.82) is 0 Å². The van der Waals surface area contributed by atoms with Gasteiger partial charge in [-0.2, -0.15) is 0 Å². The number of aromatic carboxylic acids is 1. The molecule has 2 heterocycles. The van der Waals surface area contributed by atoms with Crippen molar-refractivity contribution in [2.45, 2.75) is 6.54 Å². The lowest BCUT2D eigenvalue weighted by atomic mass is 10.2. The maximum atomic E-state index is 12.0. The van der Waals surface area contributed by atoms with Crippen LogP contribution in [0.4, 0.5) is 11.4 Å². The number of rotatable bonds is 6. The summed E-state index contributed by atoms with van der Waals surface area (Å²) >= 11 is 6.42. The van der Waals surface area contributed by atoms with Gasteiger partial charge in [-0.25, -0.2) is 4.79 Å². The molecular weight excluding hydrogens is 432 g/mol. The number of fused-ring (bicyclic) bond motifs is 2. The first-order valence-electron chi connectivity index (χ1n) is 9.79. The van der Waals surface area contributed by atoms with Crippen LogP contribution in [-0.2, 0) is 11.3 Å². The first-order chi connectivity index (χ1) is 15.5. The molecule has 3 aromatic carbocycles. The zero-order valence-corrected chi connectivity index (χ0v) is 17.5. The monoisotopic (exact) mass is 448 g/mol. The molecule has 0 saturated heterocycles. The topological polar surface area (TPSA) is 81.0 Å². The molecule has 1 amide bonds. The number of hydrogen-bond acceptors (Lipinski definition) is 4. The molecule has 7 nitrogen and oxygen atoms in total. The molecule has 0 spiro atoms. The van der Waals surface area contributed by atoms with Crippen LogP contribution in [-0.4, -0.2) is 28.8 Å². The van der Waals surface area contributed by atoms with Crippen LogP contribution in [0.25, 0.3) is 10.9 Å². The van der Waals surface area contributed by atoms with E-state index in [2.05, 4.69) is 0 Å². The van der Waals surface area contributed by atoms with Gasteiger partial charge in [-0.3, -0.25) is 9.69 Å². The second-order valence-corrected chi connectivity index (χ2v) is 7.68. The third-order valence-corrected chi connectivity index (χ3v) is 5.74. The molecule has 1 aliphatic rings. The Kier molecular flexibility index (Phi) is 4.95. The van der Waals surface area contributed by atoms with Gasteiger partial charge in [-0.15, -0.1) is 0 Å². The normalized spacial score (nSPS) is 12.2. The highest BCUT2D eigenvalue weighted by atomic mass is 35.5. The van der Waals surface area contributed by atoms with Crippen molar-refractivity contribution in [2.75, 3.05) is 11.7 Å². The molecule has 0 aliphatic carbocycles. The van der Waals surface area contributed by atoms with E-state index in [-0.39, 0.29) is 19.0 Å². The van der Waals surface area contributed by atoms with Gasteiger partial charge in [0.1, 0.15) is 5.69 Å². The van der Waals surface area contributed by atoms with Crippen molar-refractivity contribution in [3.8, 4) is 11.5 Å². The standard InChI is InChI=1S/C24H17ClN2O5/c25-19-11-23-22(31-14-32-23)10-16(19)12-26-20-7-6-18(8-15(20)9-21(26)24(29)30)27(13-28)17-4-2-1-3-5-17/h1-11,13H,12,14H2,(H,29,30). The lowest BCUT2D eigenvalue weighted by Gasteiger charge is -2.18. The van der Waals surface area contributed by atoms with Gasteiger partial charge in [0.15, 0.2) is 11.5 Å². The van der Waals surface area contributed by atoms with Crippen LogP contribution < -0.4 is 14.4 Å². The summed E-state index contributed by atoms with van der Waals surface area (Å²) in [7, 11) is 0. The highest BCUT2D eigenvalue weighted by Gasteiger charge is 2.21. The summed E-state index contributed by atoms with van der Waals surface area (Å²) < 4.78 is 12.5. The first kappa shape index (κ1) is 20.0. The number of carbonyl (C=O) groups is 2. The number of ether oxygens (including phenoxy) is 2. The van der Waals surface area contributed by atoms with Crippen molar-refractivity contribution < 1.29 is 24.2 Å². The molecule has 5 rings (SSSR count). The number of carboxylic acids is 1. The fourth-order valence-electron chi connectivity index (χ4n) is 3.87. The summed E-state index contributed by atoms with van der Waals surface area (Å²) in [5, 5.41) is 11.0. The Bertz CT molecular complexity index is 1350. The summed E-state index contributed by atoms with van der Waals surface area (Å²) in [6.07, 6.45) is 0.734. The van der Waals surface area contributed by atoms with Crippen molar-refractivity contribution in [3.05, 3.63) is 83.0 Å². The number of hydrogen-bond donors (Lipinski definition) is 1. The van der Waals surface area contributed by atoms with Crippen LogP contribution in [0.5, 0.6) is 11.5 Å². The van der Waals surface area contributed by atoms with E-state index < -0.39 is 5.97 Å². The fourth-order valence-corrected chi connectivity index (χ4v) is 4.08. The summed E-state index contributed by atoms with van der Waals surface area (Å²) in [5.41, 5.74) is 2.88. The smallest absolute Gasteiger partial charge is 0.352 e. The maximum absolute atomic E-state index is 12.0. The molecule has 0 atom stereocenters. The van der Waals surface area contributed by atoms with Gasteiger partial charge in [-0.05, 0) is 48.0 Å². The summed E-state index contributed by atoms with van der Waals surface area (Å²) in [4.78, 5) is 25.3. The molecule has 1 aromatic heterocycles. The Labute approximate surface area is 188 Å². The molecule has 0 radical (unpaired) electrons. The molecular formula is C24H17ClN2O5. The van der Waals surface area contributed by atoms with Gasteiger partial charge in [0.05, 0.1) is 6.54 Å². The number of para-hydroxylation sites is 1.